The van der Waals surface area contributed by atoms with Crippen LogP contribution in [-0.4, -0.2) is 12.5 Å². The van der Waals surface area contributed by atoms with Gasteiger partial charge in [-0.25, -0.2) is 0 Å². The predicted molar refractivity (Wildman–Crippen MR) is 92.9 cm³/mol. The zero-order valence-corrected chi connectivity index (χ0v) is 14.2. The fourth-order valence-corrected chi connectivity index (χ4v) is 3.24. The van der Waals surface area contributed by atoms with Crippen LogP contribution in [0.2, 0.25) is 0 Å². The molecule has 2 atom stereocenters. The zero-order chi connectivity index (χ0) is 15.9. The van der Waals surface area contributed by atoms with E-state index in [-0.39, 0.29) is 18.0 Å². The third kappa shape index (κ3) is 4.68. The summed E-state index contributed by atoms with van der Waals surface area (Å²) < 4.78 is 0. The summed E-state index contributed by atoms with van der Waals surface area (Å²) in [4.78, 5) is 13.3. The van der Waals surface area contributed by atoms with Crippen molar-refractivity contribution in [2.24, 2.45) is 5.92 Å². The van der Waals surface area contributed by atoms with Gasteiger partial charge in [0.25, 0.3) is 0 Å². The number of benzene rings is 1. The van der Waals surface area contributed by atoms with Crippen molar-refractivity contribution in [1.82, 2.24) is 10.6 Å². The number of amides is 1. The third-order valence-electron chi connectivity index (χ3n) is 3.66. The van der Waals surface area contributed by atoms with Crippen molar-refractivity contribution in [1.29, 1.82) is 0 Å². The van der Waals surface area contributed by atoms with E-state index in [1.807, 2.05) is 42.6 Å². The lowest BCUT2D eigenvalue weighted by atomic mass is 9.96. The van der Waals surface area contributed by atoms with Gasteiger partial charge in [-0.1, -0.05) is 50.2 Å². The number of hydrogen-bond acceptors (Lipinski definition) is 3. The fourth-order valence-electron chi connectivity index (χ4n) is 2.50. The van der Waals surface area contributed by atoms with Crippen molar-refractivity contribution in [3.05, 3.63) is 58.3 Å². The molecule has 22 heavy (non-hydrogen) atoms. The summed E-state index contributed by atoms with van der Waals surface area (Å²) in [7, 11) is 0. The summed E-state index contributed by atoms with van der Waals surface area (Å²) in [5.41, 5.74) is 1.22. The highest BCUT2D eigenvalue weighted by atomic mass is 32.1. The van der Waals surface area contributed by atoms with E-state index in [4.69, 9.17) is 0 Å². The first-order valence-corrected chi connectivity index (χ1v) is 8.57. The monoisotopic (exact) mass is 316 g/mol. The van der Waals surface area contributed by atoms with Crippen LogP contribution in [0.5, 0.6) is 0 Å². The van der Waals surface area contributed by atoms with Crippen LogP contribution >= 0.6 is 11.3 Å². The molecule has 0 fully saturated rings. The highest BCUT2D eigenvalue weighted by Crippen LogP contribution is 2.21. The topological polar surface area (TPSA) is 41.1 Å². The number of rotatable bonds is 7. The van der Waals surface area contributed by atoms with E-state index < -0.39 is 0 Å². The maximum absolute atomic E-state index is 12.1. The van der Waals surface area contributed by atoms with Gasteiger partial charge in [0, 0.05) is 10.9 Å². The zero-order valence-electron chi connectivity index (χ0n) is 13.4. The van der Waals surface area contributed by atoms with E-state index in [2.05, 4.69) is 36.6 Å². The molecule has 2 N–H and O–H groups in total. The Hall–Kier alpha value is -1.65. The molecular weight excluding hydrogens is 292 g/mol. The number of thiophene rings is 1. The van der Waals surface area contributed by atoms with Crippen LogP contribution in [0.1, 0.15) is 43.3 Å². The SMILES string of the molecule is CC(NC(=O)CNC(c1ccccc1)C(C)C)c1cccs1. The second kappa shape index (κ2) is 8.11. The highest BCUT2D eigenvalue weighted by molar-refractivity contribution is 7.10. The molecule has 0 aliphatic carbocycles. The van der Waals surface area contributed by atoms with Crippen LogP contribution in [0.4, 0.5) is 0 Å². The lowest BCUT2D eigenvalue weighted by Crippen LogP contribution is -2.38. The molecule has 1 aromatic carbocycles. The van der Waals surface area contributed by atoms with Crippen LogP contribution in [0.3, 0.4) is 0 Å². The molecule has 0 saturated carbocycles. The predicted octanol–water partition coefficient (Wildman–Crippen LogP) is 3.91. The Morgan fingerprint density at radius 2 is 1.82 bits per heavy atom. The number of hydrogen-bond donors (Lipinski definition) is 2. The average Bonchev–Trinajstić information content (AvgIpc) is 3.02. The third-order valence-corrected chi connectivity index (χ3v) is 4.71. The number of nitrogens with one attached hydrogen (secondary N) is 2. The molecule has 2 unspecified atom stereocenters. The first kappa shape index (κ1) is 16.7. The van der Waals surface area contributed by atoms with Gasteiger partial charge in [0.1, 0.15) is 0 Å². The van der Waals surface area contributed by atoms with Crippen molar-refractivity contribution >= 4 is 17.2 Å². The minimum absolute atomic E-state index is 0.0301. The van der Waals surface area contributed by atoms with Crippen LogP contribution in [0.15, 0.2) is 47.8 Å². The van der Waals surface area contributed by atoms with Crippen LogP contribution in [-0.2, 0) is 4.79 Å². The molecule has 1 amide bonds. The van der Waals surface area contributed by atoms with Crippen LogP contribution in [0.25, 0.3) is 0 Å². The molecule has 4 heteroatoms. The molecule has 1 aromatic heterocycles. The molecule has 0 radical (unpaired) electrons. The first-order valence-electron chi connectivity index (χ1n) is 7.69. The summed E-state index contributed by atoms with van der Waals surface area (Å²) in [6.45, 7) is 6.67. The van der Waals surface area contributed by atoms with Crippen molar-refractivity contribution in [3.63, 3.8) is 0 Å². The molecule has 0 saturated heterocycles. The summed E-state index contributed by atoms with van der Waals surface area (Å²) in [5, 5.41) is 8.44. The summed E-state index contributed by atoms with van der Waals surface area (Å²) >= 11 is 1.66. The first-order chi connectivity index (χ1) is 10.6. The Kier molecular flexibility index (Phi) is 6.16. The minimum Gasteiger partial charge on any atom is -0.348 e. The van der Waals surface area contributed by atoms with Gasteiger partial charge >= 0.3 is 0 Å². The number of carbonyl (C=O) groups is 1. The standard InChI is InChI=1S/C18H24N2OS/c1-13(2)18(15-8-5-4-6-9-15)19-12-17(21)20-14(3)16-10-7-11-22-16/h4-11,13-14,18-19H,12H2,1-3H3,(H,20,21). The van der Waals surface area contributed by atoms with E-state index in [1.54, 1.807) is 11.3 Å². The van der Waals surface area contributed by atoms with E-state index in [9.17, 15) is 4.79 Å². The molecule has 0 aliphatic rings. The van der Waals surface area contributed by atoms with Gasteiger partial charge in [0.2, 0.25) is 5.91 Å². The molecule has 2 rings (SSSR count). The lowest BCUT2D eigenvalue weighted by Gasteiger charge is -2.23. The lowest BCUT2D eigenvalue weighted by molar-refractivity contribution is -0.121. The minimum atomic E-state index is 0.0301. The molecule has 0 aliphatic heterocycles. The van der Waals surface area contributed by atoms with E-state index in [0.29, 0.717) is 12.5 Å². The summed E-state index contributed by atoms with van der Waals surface area (Å²) in [5.74, 6) is 0.451. The molecule has 2 aromatic rings. The van der Waals surface area contributed by atoms with Gasteiger partial charge < -0.3 is 10.6 Å². The van der Waals surface area contributed by atoms with Gasteiger partial charge in [-0.05, 0) is 29.9 Å². The summed E-state index contributed by atoms with van der Waals surface area (Å²) in [6, 6.07) is 14.6. The van der Waals surface area contributed by atoms with Crippen molar-refractivity contribution in [2.75, 3.05) is 6.54 Å². The normalized spacial score (nSPS) is 13.8. The fraction of sp³-hybridized carbons (Fsp3) is 0.389. The maximum Gasteiger partial charge on any atom is 0.234 e. The Bertz CT molecular complexity index is 566. The average molecular weight is 316 g/mol. The van der Waals surface area contributed by atoms with E-state index >= 15 is 0 Å². The molecule has 0 spiro atoms. The second-order valence-corrected chi connectivity index (χ2v) is 6.80. The van der Waals surface area contributed by atoms with Gasteiger partial charge in [0.05, 0.1) is 12.6 Å². The maximum atomic E-state index is 12.1. The largest absolute Gasteiger partial charge is 0.348 e. The van der Waals surface area contributed by atoms with Gasteiger partial charge in [0.15, 0.2) is 0 Å². The summed E-state index contributed by atoms with van der Waals surface area (Å²) in [6.07, 6.45) is 0. The molecule has 0 bridgehead atoms. The second-order valence-electron chi connectivity index (χ2n) is 5.82. The van der Waals surface area contributed by atoms with Crippen molar-refractivity contribution < 1.29 is 4.79 Å². The molecular formula is C18H24N2OS. The van der Waals surface area contributed by atoms with Crippen molar-refractivity contribution in [2.45, 2.75) is 32.9 Å². The van der Waals surface area contributed by atoms with Gasteiger partial charge in [-0.3, -0.25) is 4.79 Å². The molecule has 118 valence electrons. The van der Waals surface area contributed by atoms with Gasteiger partial charge in [-0.15, -0.1) is 11.3 Å². The highest BCUT2D eigenvalue weighted by Gasteiger charge is 2.17. The Labute approximate surface area is 136 Å². The smallest absolute Gasteiger partial charge is 0.234 e. The van der Waals surface area contributed by atoms with Crippen LogP contribution in [0, 0.1) is 5.92 Å². The van der Waals surface area contributed by atoms with E-state index in [1.165, 1.54) is 10.4 Å². The Morgan fingerprint density at radius 3 is 2.41 bits per heavy atom. The molecule has 3 nitrogen and oxygen atoms in total. The number of carbonyl (C=O) groups excluding carboxylic acids is 1. The quantitative estimate of drug-likeness (QED) is 0.813. The Balaban J connectivity index is 1.88. The van der Waals surface area contributed by atoms with Crippen molar-refractivity contribution in [3.8, 4) is 0 Å². The molecule has 1 heterocycles. The van der Waals surface area contributed by atoms with E-state index in [0.717, 1.165) is 0 Å². The van der Waals surface area contributed by atoms with Gasteiger partial charge in [-0.2, -0.15) is 0 Å². The van der Waals surface area contributed by atoms with Crippen LogP contribution < -0.4 is 10.6 Å². The Morgan fingerprint density at radius 1 is 1.09 bits per heavy atom.